The molecule has 15 heavy (non-hydrogen) atoms. The van der Waals surface area contributed by atoms with Crippen LogP contribution in [-0.2, 0) is 31.5 Å². The average Bonchev–Trinajstić information content (AvgIpc) is 1.82. The minimum absolute atomic E-state index is 0. The number of carbonyl (C=O) groups excluding carboxylic acids is 2. The van der Waals surface area contributed by atoms with Gasteiger partial charge in [-0.2, -0.15) is 0 Å². The number of carboxylic acids is 3. The van der Waals surface area contributed by atoms with Crippen molar-refractivity contribution < 1.29 is 51.9 Å². The van der Waals surface area contributed by atoms with Crippen LogP contribution in [0.15, 0.2) is 0 Å². The molecule has 0 radical (unpaired) electrons. The van der Waals surface area contributed by atoms with Crippen LogP contribution in [0.25, 0.3) is 0 Å². The molecule has 0 aliphatic heterocycles. The Kier molecular flexibility index (Phi) is 9.30. The number of hydrogen-bond acceptors (Lipinski definition) is 6. The molecule has 0 saturated carbocycles. The van der Waals surface area contributed by atoms with Gasteiger partial charge in [-0.3, -0.25) is 0 Å². The van der Waals surface area contributed by atoms with E-state index in [0.29, 0.717) is 0 Å². The van der Waals surface area contributed by atoms with Crippen LogP contribution in [0, 0.1) is 0 Å². The van der Waals surface area contributed by atoms with Gasteiger partial charge in [-0.1, -0.05) is 0 Å². The van der Waals surface area contributed by atoms with Gasteiger partial charge >= 0.3 is 5.97 Å². The zero-order valence-corrected chi connectivity index (χ0v) is 8.81. The van der Waals surface area contributed by atoms with E-state index in [1.165, 1.54) is 0 Å². The van der Waals surface area contributed by atoms with Crippen molar-refractivity contribution in [1.82, 2.24) is 6.15 Å². The van der Waals surface area contributed by atoms with Crippen LogP contribution in [0.3, 0.4) is 0 Å². The summed E-state index contributed by atoms with van der Waals surface area (Å²) in [6.45, 7) is 0. The molecule has 0 aromatic heterocycles. The molecule has 0 fully saturated rings. The molecule has 6 N–H and O–H groups in total. The summed E-state index contributed by atoms with van der Waals surface area (Å²) in [5.41, 5.74) is -2.86. The van der Waals surface area contributed by atoms with Gasteiger partial charge in [-0.25, -0.2) is 4.79 Å². The Morgan fingerprint density at radius 2 is 1.33 bits per heavy atom. The summed E-state index contributed by atoms with van der Waals surface area (Å²) >= 11 is 0. The zero-order valence-electron chi connectivity index (χ0n) is 7.70. The van der Waals surface area contributed by atoms with Crippen molar-refractivity contribution in [3.8, 4) is 0 Å². The van der Waals surface area contributed by atoms with Crippen LogP contribution in [0.2, 0.25) is 0 Å². The van der Waals surface area contributed by atoms with E-state index in [2.05, 4.69) is 0 Å². The first-order valence-electron chi connectivity index (χ1n) is 3.13. The summed E-state index contributed by atoms with van der Waals surface area (Å²) in [5.74, 6) is -5.65. The monoisotopic (exact) mass is 264 g/mol. The fourth-order valence-electron chi connectivity index (χ4n) is 0.691. The fourth-order valence-corrected chi connectivity index (χ4v) is 0.691. The minimum atomic E-state index is -2.86. The summed E-state index contributed by atoms with van der Waals surface area (Å²) in [6.07, 6.45) is -2.59. The molecule has 0 spiro atoms. The molecule has 0 aromatic rings. The molecule has 0 saturated heterocycles. The molecule has 90 valence electrons. The van der Waals surface area contributed by atoms with E-state index in [-0.39, 0.29) is 23.2 Å². The molecule has 0 aliphatic rings. The molecule has 0 heterocycles. The van der Waals surface area contributed by atoms with Crippen molar-refractivity contribution in [2.45, 2.75) is 18.4 Å². The second kappa shape index (κ2) is 7.18. The van der Waals surface area contributed by atoms with Crippen molar-refractivity contribution in [2.75, 3.05) is 0 Å². The number of carboxylic acid groups (broad SMARTS) is 3. The third kappa shape index (κ3) is 6.86. The Morgan fingerprint density at radius 1 is 1.07 bits per heavy atom. The van der Waals surface area contributed by atoms with Crippen molar-refractivity contribution in [1.29, 1.82) is 0 Å². The maximum Gasteiger partial charge on any atom is 0.336 e. The van der Waals surface area contributed by atoms with Crippen molar-refractivity contribution >= 4 is 17.9 Å². The normalized spacial score (nSPS) is 9.40. The van der Waals surface area contributed by atoms with Crippen LogP contribution < -0.4 is 16.4 Å². The first-order valence-corrected chi connectivity index (χ1v) is 3.13. The third-order valence-corrected chi connectivity index (χ3v) is 1.27. The number of quaternary nitrogens is 1. The number of aliphatic hydroxyl groups is 1. The first kappa shape index (κ1) is 19.4. The van der Waals surface area contributed by atoms with Gasteiger partial charge in [0.2, 0.25) is 0 Å². The predicted molar refractivity (Wildman–Crippen MR) is 37.8 cm³/mol. The molecule has 0 unspecified atom stereocenters. The summed E-state index contributed by atoms with van der Waals surface area (Å²) in [4.78, 5) is 30.2. The maximum atomic E-state index is 10.3. The fraction of sp³-hybridized carbons (Fsp3) is 0.500. The quantitative estimate of drug-likeness (QED) is 0.430. The Labute approximate surface area is 95.0 Å². The van der Waals surface area contributed by atoms with Gasteiger partial charge in [0.1, 0.15) is 0 Å². The van der Waals surface area contributed by atoms with Gasteiger partial charge in [0.25, 0.3) is 0 Å². The van der Waals surface area contributed by atoms with E-state index < -0.39 is 36.4 Å². The van der Waals surface area contributed by atoms with Gasteiger partial charge in [0.05, 0.1) is 0 Å². The minimum Gasteiger partial charge on any atom is -0.550 e. The zero-order chi connectivity index (χ0) is 10.6. The molecule has 0 amide bonds. The smallest absolute Gasteiger partial charge is 0.336 e. The Balaban J connectivity index is -0.000000720. The van der Waals surface area contributed by atoms with Crippen molar-refractivity contribution in [3.63, 3.8) is 0 Å². The molecule has 9 heteroatoms. The Morgan fingerprint density at radius 3 is 1.47 bits per heavy atom. The SMILES string of the molecule is O=C([O-])CC(O)(CC(=O)[O-])C(=O)O.[Fe].[NH4+]. The molecule has 0 aromatic carbocycles. The number of aliphatic carboxylic acids is 3. The molecular weight excluding hydrogens is 254 g/mol. The largest absolute Gasteiger partial charge is 0.550 e. The van der Waals surface area contributed by atoms with E-state index in [1.54, 1.807) is 0 Å². The average molecular weight is 264 g/mol. The molecule has 8 nitrogen and oxygen atoms in total. The summed E-state index contributed by atoms with van der Waals surface area (Å²) < 4.78 is 0. The van der Waals surface area contributed by atoms with E-state index in [0.717, 1.165) is 0 Å². The molecule has 0 atom stereocenters. The second-order valence-corrected chi connectivity index (χ2v) is 2.43. The Bertz CT molecular complexity index is 238. The van der Waals surface area contributed by atoms with E-state index in [4.69, 9.17) is 10.2 Å². The summed E-state index contributed by atoms with van der Waals surface area (Å²) in [5, 5.41) is 37.2. The molecule has 0 bridgehead atoms. The number of carbonyl (C=O) groups is 3. The van der Waals surface area contributed by atoms with Gasteiger partial charge in [0.15, 0.2) is 5.60 Å². The van der Waals surface area contributed by atoms with Crippen LogP contribution in [-0.4, -0.2) is 33.7 Å². The van der Waals surface area contributed by atoms with Gasteiger partial charge in [-0.15, -0.1) is 0 Å². The third-order valence-electron chi connectivity index (χ3n) is 1.27. The van der Waals surface area contributed by atoms with Crippen LogP contribution in [0.1, 0.15) is 12.8 Å². The molecular formula is C6H10FeNO7-. The molecule has 0 rings (SSSR count). The predicted octanol–water partition coefficient (Wildman–Crippen LogP) is -3.54. The summed E-state index contributed by atoms with van der Waals surface area (Å²) in [6, 6.07) is 0. The standard InChI is InChI=1S/C6H8O7.Fe.H3N/c7-3(8)1-6(13,5(11)12)2-4(9)10;;/h13H,1-2H2,(H,7,8)(H,9,10)(H,11,12);;1H3/p-1. The van der Waals surface area contributed by atoms with Gasteiger partial charge in [-0.05, 0) is 0 Å². The van der Waals surface area contributed by atoms with Crippen LogP contribution >= 0.6 is 0 Å². The first-order chi connectivity index (χ1) is 5.78. The van der Waals surface area contributed by atoms with Crippen LogP contribution in [0.4, 0.5) is 0 Å². The van der Waals surface area contributed by atoms with E-state index in [9.17, 15) is 24.6 Å². The topological polar surface area (TPSA) is 174 Å². The van der Waals surface area contributed by atoms with Crippen molar-refractivity contribution in [2.24, 2.45) is 0 Å². The second-order valence-electron chi connectivity index (χ2n) is 2.43. The van der Waals surface area contributed by atoms with Gasteiger partial charge in [0, 0.05) is 41.8 Å². The number of rotatable bonds is 5. The molecule has 0 aliphatic carbocycles. The van der Waals surface area contributed by atoms with E-state index >= 15 is 0 Å². The van der Waals surface area contributed by atoms with E-state index in [1.807, 2.05) is 0 Å². The van der Waals surface area contributed by atoms with Gasteiger partial charge < -0.3 is 36.2 Å². The number of hydrogen-bond donors (Lipinski definition) is 3. The Hall–Kier alpha value is -1.15. The van der Waals surface area contributed by atoms with Crippen LogP contribution in [0.5, 0.6) is 0 Å². The summed E-state index contributed by atoms with van der Waals surface area (Å²) in [7, 11) is 0. The maximum absolute atomic E-state index is 10.3. The van der Waals surface area contributed by atoms with Crippen molar-refractivity contribution in [3.05, 3.63) is 0 Å².